The van der Waals surface area contributed by atoms with E-state index in [9.17, 15) is 4.79 Å². The lowest BCUT2D eigenvalue weighted by molar-refractivity contribution is -0.118. The minimum Gasteiger partial charge on any atom is -0.370 e. The van der Waals surface area contributed by atoms with Crippen LogP contribution in [0.4, 0.5) is 0 Å². The monoisotopic (exact) mass is 170 g/mol. The standard InChI is InChI=1S/C9H18N2O/c1-2-8-3-5-11(7-8)6-4-9(10)12/h8H,2-7H2,1H3,(H2,10,12). The minimum absolute atomic E-state index is 0.185. The predicted molar refractivity (Wildman–Crippen MR) is 48.6 cm³/mol. The molecule has 70 valence electrons. The third kappa shape index (κ3) is 2.81. The Bertz CT molecular complexity index is 159. The molecule has 0 aliphatic carbocycles. The van der Waals surface area contributed by atoms with Crippen LogP contribution < -0.4 is 5.73 Å². The first-order valence-corrected chi connectivity index (χ1v) is 4.73. The third-order valence-corrected chi connectivity index (χ3v) is 2.62. The number of nitrogens with zero attached hydrogens (tertiary/aromatic N) is 1. The molecule has 1 saturated heterocycles. The smallest absolute Gasteiger partial charge is 0.218 e. The van der Waals surface area contributed by atoms with Gasteiger partial charge in [-0.1, -0.05) is 13.3 Å². The second kappa shape index (κ2) is 4.45. The zero-order chi connectivity index (χ0) is 8.97. The summed E-state index contributed by atoms with van der Waals surface area (Å²) in [5.74, 6) is 0.660. The summed E-state index contributed by atoms with van der Waals surface area (Å²) < 4.78 is 0. The number of primary amides is 1. The highest BCUT2D eigenvalue weighted by atomic mass is 16.1. The van der Waals surface area contributed by atoms with Crippen molar-refractivity contribution in [1.29, 1.82) is 0 Å². The minimum atomic E-state index is -0.185. The SMILES string of the molecule is CCC1CCN(CCC(N)=O)C1. The van der Waals surface area contributed by atoms with Crippen LogP contribution in [-0.2, 0) is 4.79 Å². The molecule has 0 bridgehead atoms. The van der Waals surface area contributed by atoms with Crippen LogP contribution in [0.2, 0.25) is 0 Å². The van der Waals surface area contributed by atoms with Crippen molar-refractivity contribution in [3.8, 4) is 0 Å². The van der Waals surface area contributed by atoms with E-state index in [4.69, 9.17) is 5.73 Å². The van der Waals surface area contributed by atoms with Gasteiger partial charge in [0.25, 0.3) is 0 Å². The number of likely N-dealkylation sites (tertiary alicyclic amines) is 1. The quantitative estimate of drug-likeness (QED) is 0.671. The van der Waals surface area contributed by atoms with E-state index in [1.54, 1.807) is 0 Å². The van der Waals surface area contributed by atoms with Crippen LogP contribution in [0.15, 0.2) is 0 Å². The summed E-state index contributed by atoms with van der Waals surface area (Å²) in [5, 5.41) is 0. The second-order valence-corrected chi connectivity index (χ2v) is 3.58. The van der Waals surface area contributed by atoms with E-state index in [-0.39, 0.29) is 5.91 Å². The molecular formula is C9H18N2O. The lowest BCUT2D eigenvalue weighted by atomic mass is 10.1. The molecule has 0 aromatic rings. The van der Waals surface area contributed by atoms with E-state index in [0.717, 1.165) is 25.6 Å². The lowest BCUT2D eigenvalue weighted by Crippen LogP contribution is -2.26. The van der Waals surface area contributed by atoms with E-state index in [2.05, 4.69) is 11.8 Å². The van der Waals surface area contributed by atoms with E-state index < -0.39 is 0 Å². The number of nitrogens with two attached hydrogens (primary N) is 1. The molecule has 1 fully saturated rings. The second-order valence-electron chi connectivity index (χ2n) is 3.58. The molecule has 1 aliphatic rings. The van der Waals surface area contributed by atoms with E-state index in [1.165, 1.54) is 12.8 Å². The molecule has 3 nitrogen and oxygen atoms in total. The van der Waals surface area contributed by atoms with Gasteiger partial charge in [-0.15, -0.1) is 0 Å². The molecule has 0 radical (unpaired) electrons. The van der Waals surface area contributed by atoms with Gasteiger partial charge < -0.3 is 10.6 Å². The Kier molecular flexibility index (Phi) is 3.53. The molecule has 0 spiro atoms. The lowest BCUT2D eigenvalue weighted by Gasteiger charge is -2.13. The Balaban J connectivity index is 2.15. The topological polar surface area (TPSA) is 46.3 Å². The fraction of sp³-hybridized carbons (Fsp3) is 0.889. The van der Waals surface area contributed by atoms with Crippen LogP contribution in [-0.4, -0.2) is 30.4 Å². The highest BCUT2D eigenvalue weighted by Gasteiger charge is 2.20. The summed E-state index contributed by atoms with van der Waals surface area (Å²) in [6.07, 6.45) is 3.05. The highest BCUT2D eigenvalue weighted by molar-refractivity contribution is 5.73. The van der Waals surface area contributed by atoms with Crippen LogP contribution in [0.3, 0.4) is 0 Å². The maximum absolute atomic E-state index is 10.5. The third-order valence-electron chi connectivity index (χ3n) is 2.62. The number of carbonyl (C=O) groups excluding carboxylic acids is 1. The van der Waals surface area contributed by atoms with E-state index in [0.29, 0.717) is 6.42 Å². The van der Waals surface area contributed by atoms with E-state index in [1.807, 2.05) is 0 Å². The Morgan fingerprint density at radius 2 is 2.42 bits per heavy atom. The fourth-order valence-electron chi connectivity index (χ4n) is 1.72. The van der Waals surface area contributed by atoms with Gasteiger partial charge in [-0.2, -0.15) is 0 Å². The molecule has 0 saturated carbocycles. The fourth-order valence-corrected chi connectivity index (χ4v) is 1.72. The van der Waals surface area contributed by atoms with Crippen LogP contribution in [0.1, 0.15) is 26.2 Å². The number of rotatable bonds is 4. The van der Waals surface area contributed by atoms with Gasteiger partial charge in [-0.05, 0) is 18.9 Å². The number of carbonyl (C=O) groups is 1. The van der Waals surface area contributed by atoms with E-state index >= 15 is 0 Å². The number of amides is 1. The normalized spacial score (nSPS) is 24.6. The van der Waals surface area contributed by atoms with Gasteiger partial charge in [0.05, 0.1) is 0 Å². The van der Waals surface area contributed by atoms with Gasteiger partial charge in [-0.3, -0.25) is 4.79 Å². The molecule has 0 aromatic carbocycles. The molecule has 1 aliphatic heterocycles. The van der Waals surface area contributed by atoms with Crippen LogP contribution in [0, 0.1) is 5.92 Å². The number of hydrogen-bond acceptors (Lipinski definition) is 2. The van der Waals surface area contributed by atoms with Crippen molar-refractivity contribution in [1.82, 2.24) is 4.90 Å². The Labute approximate surface area is 73.9 Å². The first kappa shape index (κ1) is 9.52. The average Bonchev–Trinajstić information content (AvgIpc) is 2.48. The van der Waals surface area contributed by atoms with Gasteiger partial charge in [0, 0.05) is 19.5 Å². The van der Waals surface area contributed by atoms with Crippen molar-refractivity contribution in [3.63, 3.8) is 0 Å². The molecule has 1 unspecified atom stereocenters. The van der Waals surface area contributed by atoms with Crippen molar-refractivity contribution in [2.45, 2.75) is 26.2 Å². The Morgan fingerprint density at radius 1 is 1.67 bits per heavy atom. The molecule has 1 rings (SSSR count). The molecule has 1 heterocycles. The van der Waals surface area contributed by atoms with Gasteiger partial charge in [0.1, 0.15) is 0 Å². The van der Waals surface area contributed by atoms with Gasteiger partial charge in [-0.25, -0.2) is 0 Å². The van der Waals surface area contributed by atoms with Crippen LogP contribution >= 0.6 is 0 Å². The summed E-state index contributed by atoms with van der Waals surface area (Å²) >= 11 is 0. The molecule has 0 aromatic heterocycles. The summed E-state index contributed by atoms with van der Waals surface area (Å²) in [4.78, 5) is 12.8. The zero-order valence-corrected chi connectivity index (χ0v) is 7.75. The van der Waals surface area contributed by atoms with Crippen molar-refractivity contribution >= 4 is 5.91 Å². The van der Waals surface area contributed by atoms with Crippen molar-refractivity contribution in [3.05, 3.63) is 0 Å². The summed E-state index contributed by atoms with van der Waals surface area (Å²) in [6, 6.07) is 0. The van der Waals surface area contributed by atoms with Crippen molar-refractivity contribution < 1.29 is 4.79 Å². The Hall–Kier alpha value is -0.570. The largest absolute Gasteiger partial charge is 0.370 e. The summed E-state index contributed by atoms with van der Waals surface area (Å²) in [7, 11) is 0. The Morgan fingerprint density at radius 3 is 2.92 bits per heavy atom. The predicted octanol–water partition coefficient (Wildman–Crippen LogP) is 0.594. The van der Waals surface area contributed by atoms with Crippen molar-refractivity contribution in [2.24, 2.45) is 11.7 Å². The van der Waals surface area contributed by atoms with Gasteiger partial charge in [0.2, 0.25) is 5.91 Å². The number of hydrogen-bond donors (Lipinski definition) is 1. The molecule has 1 amide bonds. The molecule has 1 atom stereocenters. The van der Waals surface area contributed by atoms with Crippen LogP contribution in [0.5, 0.6) is 0 Å². The molecule has 12 heavy (non-hydrogen) atoms. The first-order valence-electron chi connectivity index (χ1n) is 4.73. The average molecular weight is 170 g/mol. The van der Waals surface area contributed by atoms with Crippen molar-refractivity contribution in [2.75, 3.05) is 19.6 Å². The highest BCUT2D eigenvalue weighted by Crippen LogP contribution is 2.18. The summed E-state index contributed by atoms with van der Waals surface area (Å²) in [5.41, 5.74) is 5.07. The molecule has 2 N–H and O–H groups in total. The maximum Gasteiger partial charge on any atom is 0.218 e. The van der Waals surface area contributed by atoms with Crippen LogP contribution in [0.25, 0.3) is 0 Å². The summed E-state index contributed by atoms with van der Waals surface area (Å²) in [6.45, 7) is 5.38. The maximum atomic E-state index is 10.5. The zero-order valence-electron chi connectivity index (χ0n) is 7.75. The van der Waals surface area contributed by atoms with Gasteiger partial charge in [0.15, 0.2) is 0 Å². The van der Waals surface area contributed by atoms with Gasteiger partial charge >= 0.3 is 0 Å². The molecular weight excluding hydrogens is 152 g/mol. The molecule has 3 heteroatoms. The first-order chi connectivity index (χ1) is 5.72.